The second-order valence-electron chi connectivity index (χ2n) is 4.77. The molecule has 0 radical (unpaired) electrons. The zero-order chi connectivity index (χ0) is 13.0. The fourth-order valence-electron chi connectivity index (χ4n) is 2.23. The van der Waals surface area contributed by atoms with Gasteiger partial charge in [-0.25, -0.2) is 0 Å². The van der Waals surface area contributed by atoms with Crippen LogP contribution in [0.3, 0.4) is 0 Å². The highest BCUT2D eigenvalue weighted by Crippen LogP contribution is 2.17. The van der Waals surface area contributed by atoms with E-state index in [0.29, 0.717) is 12.6 Å². The molecule has 1 fully saturated rings. The van der Waals surface area contributed by atoms with Gasteiger partial charge < -0.3 is 15.2 Å². The summed E-state index contributed by atoms with van der Waals surface area (Å²) in [6.45, 7) is 2.59. The number of aliphatic imine (C=N–C) groups is 1. The van der Waals surface area contributed by atoms with E-state index in [2.05, 4.69) is 25.8 Å². The highest BCUT2D eigenvalue weighted by atomic mass is 15.3. The Morgan fingerprint density at radius 2 is 2.11 bits per heavy atom. The Morgan fingerprint density at radius 3 is 2.67 bits per heavy atom. The quantitative estimate of drug-likeness (QED) is 0.613. The minimum absolute atomic E-state index is 0.567. The predicted molar refractivity (Wildman–Crippen MR) is 71.3 cm³/mol. The molecule has 100 valence electrons. The Hall–Kier alpha value is -1.59. The first-order valence-corrected chi connectivity index (χ1v) is 6.52. The van der Waals surface area contributed by atoms with Crippen LogP contribution in [-0.2, 0) is 13.6 Å². The third kappa shape index (κ3) is 3.00. The first-order valence-electron chi connectivity index (χ1n) is 6.52. The molecule has 1 aliphatic rings. The van der Waals surface area contributed by atoms with Gasteiger partial charge in [0.1, 0.15) is 5.82 Å². The highest BCUT2D eigenvalue weighted by molar-refractivity contribution is 5.79. The molecule has 6 nitrogen and oxygen atoms in total. The number of hydrogen-bond donors (Lipinski definition) is 2. The van der Waals surface area contributed by atoms with E-state index in [1.807, 2.05) is 18.5 Å². The van der Waals surface area contributed by atoms with Gasteiger partial charge >= 0.3 is 0 Å². The molecule has 0 bridgehead atoms. The predicted octanol–water partition coefficient (Wildman–Crippen LogP) is 0.731. The van der Waals surface area contributed by atoms with E-state index in [0.717, 1.165) is 17.6 Å². The molecular formula is C12H22N6. The summed E-state index contributed by atoms with van der Waals surface area (Å²) < 4.78 is 1.98. The van der Waals surface area contributed by atoms with Gasteiger partial charge in [0, 0.05) is 20.1 Å². The average molecular weight is 250 g/mol. The van der Waals surface area contributed by atoms with E-state index in [1.165, 1.54) is 25.7 Å². The van der Waals surface area contributed by atoms with Crippen molar-refractivity contribution in [1.29, 1.82) is 0 Å². The highest BCUT2D eigenvalue weighted by Gasteiger charge is 2.16. The molecule has 18 heavy (non-hydrogen) atoms. The van der Waals surface area contributed by atoms with E-state index in [1.54, 1.807) is 7.05 Å². The number of aromatic nitrogens is 3. The lowest BCUT2D eigenvalue weighted by molar-refractivity contribution is 0.608. The van der Waals surface area contributed by atoms with Gasteiger partial charge in [-0.2, -0.15) is 0 Å². The minimum atomic E-state index is 0.567. The molecule has 1 aromatic heterocycles. The summed E-state index contributed by atoms with van der Waals surface area (Å²) in [5.74, 6) is 2.69. The van der Waals surface area contributed by atoms with E-state index < -0.39 is 0 Å². The van der Waals surface area contributed by atoms with Gasteiger partial charge in [0.15, 0.2) is 11.8 Å². The number of aryl methyl sites for hydroxylation is 1. The molecule has 0 amide bonds. The maximum Gasteiger partial charge on any atom is 0.191 e. The SMILES string of the molecule is CN=C(NCc1nnc(C)n1C)NC1CCCC1. The van der Waals surface area contributed by atoms with Crippen LogP contribution in [0.1, 0.15) is 37.3 Å². The third-order valence-electron chi connectivity index (χ3n) is 3.52. The third-order valence-corrected chi connectivity index (χ3v) is 3.52. The van der Waals surface area contributed by atoms with Crippen molar-refractivity contribution in [2.45, 2.75) is 45.2 Å². The molecule has 1 heterocycles. The molecule has 1 aromatic rings. The molecule has 0 spiro atoms. The van der Waals surface area contributed by atoms with E-state index >= 15 is 0 Å². The van der Waals surface area contributed by atoms with Gasteiger partial charge in [0.25, 0.3) is 0 Å². The number of guanidine groups is 1. The molecular weight excluding hydrogens is 228 g/mol. The Kier molecular flexibility index (Phi) is 4.17. The van der Waals surface area contributed by atoms with Gasteiger partial charge in [0.2, 0.25) is 0 Å². The number of nitrogens with zero attached hydrogens (tertiary/aromatic N) is 4. The first kappa shape index (κ1) is 12.9. The van der Waals surface area contributed by atoms with Crippen LogP contribution in [0.2, 0.25) is 0 Å². The normalized spacial score (nSPS) is 17.2. The molecule has 0 atom stereocenters. The van der Waals surface area contributed by atoms with E-state index in [9.17, 15) is 0 Å². The van der Waals surface area contributed by atoms with Crippen molar-refractivity contribution in [1.82, 2.24) is 25.4 Å². The topological polar surface area (TPSA) is 67.1 Å². The molecule has 2 rings (SSSR count). The van der Waals surface area contributed by atoms with Gasteiger partial charge in [-0.3, -0.25) is 4.99 Å². The van der Waals surface area contributed by atoms with Gasteiger partial charge in [-0.15, -0.1) is 10.2 Å². The fraction of sp³-hybridized carbons (Fsp3) is 0.750. The summed E-state index contributed by atoms with van der Waals surface area (Å²) in [4.78, 5) is 4.24. The molecule has 0 aromatic carbocycles. The van der Waals surface area contributed by atoms with Crippen molar-refractivity contribution >= 4 is 5.96 Å². The summed E-state index contributed by atoms with van der Waals surface area (Å²) in [7, 11) is 3.77. The zero-order valence-electron chi connectivity index (χ0n) is 11.4. The second-order valence-corrected chi connectivity index (χ2v) is 4.77. The van der Waals surface area contributed by atoms with Crippen LogP contribution in [0.15, 0.2) is 4.99 Å². The zero-order valence-corrected chi connectivity index (χ0v) is 11.4. The lowest BCUT2D eigenvalue weighted by Crippen LogP contribution is -2.42. The van der Waals surface area contributed by atoms with Crippen molar-refractivity contribution in [3.8, 4) is 0 Å². The molecule has 6 heteroatoms. The number of nitrogens with one attached hydrogen (secondary N) is 2. The fourth-order valence-corrected chi connectivity index (χ4v) is 2.23. The van der Waals surface area contributed by atoms with Crippen LogP contribution in [0.25, 0.3) is 0 Å². The largest absolute Gasteiger partial charge is 0.354 e. The van der Waals surface area contributed by atoms with Gasteiger partial charge in [-0.1, -0.05) is 12.8 Å². The number of rotatable bonds is 3. The lowest BCUT2D eigenvalue weighted by Gasteiger charge is -2.16. The summed E-state index contributed by atoms with van der Waals surface area (Å²) in [5, 5.41) is 14.9. The Labute approximate surface area is 108 Å². The molecule has 1 aliphatic carbocycles. The average Bonchev–Trinajstić information content (AvgIpc) is 2.98. The maximum atomic E-state index is 4.24. The van der Waals surface area contributed by atoms with Crippen molar-refractivity contribution in [2.24, 2.45) is 12.0 Å². The lowest BCUT2D eigenvalue weighted by atomic mass is 10.2. The first-order chi connectivity index (χ1) is 8.70. The molecule has 0 unspecified atom stereocenters. The molecule has 1 saturated carbocycles. The maximum absolute atomic E-state index is 4.24. The van der Waals surface area contributed by atoms with Crippen LogP contribution in [0.5, 0.6) is 0 Å². The van der Waals surface area contributed by atoms with Crippen LogP contribution >= 0.6 is 0 Å². The van der Waals surface area contributed by atoms with Crippen LogP contribution in [-0.4, -0.2) is 33.8 Å². The molecule has 0 aliphatic heterocycles. The van der Waals surface area contributed by atoms with Crippen molar-refractivity contribution in [3.63, 3.8) is 0 Å². The van der Waals surface area contributed by atoms with Crippen molar-refractivity contribution < 1.29 is 0 Å². The summed E-state index contributed by atoms with van der Waals surface area (Å²) in [6, 6.07) is 0.567. The monoisotopic (exact) mass is 250 g/mol. The Morgan fingerprint density at radius 1 is 1.39 bits per heavy atom. The standard InChI is InChI=1S/C12H22N6/c1-9-16-17-11(18(9)3)8-14-12(13-2)15-10-6-4-5-7-10/h10H,4-8H2,1-3H3,(H2,13,14,15). The molecule has 0 saturated heterocycles. The second kappa shape index (κ2) is 5.84. The van der Waals surface area contributed by atoms with Crippen LogP contribution in [0.4, 0.5) is 0 Å². The van der Waals surface area contributed by atoms with E-state index in [4.69, 9.17) is 0 Å². The summed E-state index contributed by atoms with van der Waals surface area (Å²) in [6.07, 6.45) is 5.11. The number of hydrogen-bond acceptors (Lipinski definition) is 3. The van der Waals surface area contributed by atoms with Gasteiger partial charge in [-0.05, 0) is 19.8 Å². The van der Waals surface area contributed by atoms with Crippen molar-refractivity contribution in [2.75, 3.05) is 7.05 Å². The van der Waals surface area contributed by atoms with E-state index in [-0.39, 0.29) is 0 Å². The Bertz CT molecular complexity index is 416. The van der Waals surface area contributed by atoms with Crippen LogP contribution in [0, 0.1) is 6.92 Å². The minimum Gasteiger partial charge on any atom is -0.354 e. The summed E-state index contributed by atoms with van der Waals surface area (Å²) in [5.41, 5.74) is 0. The van der Waals surface area contributed by atoms with Gasteiger partial charge in [0.05, 0.1) is 6.54 Å². The van der Waals surface area contributed by atoms with Crippen molar-refractivity contribution in [3.05, 3.63) is 11.6 Å². The summed E-state index contributed by atoms with van der Waals surface area (Å²) >= 11 is 0. The smallest absolute Gasteiger partial charge is 0.191 e. The van der Waals surface area contributed by atoms with Crippen LogP contribution < -0.4 is 10.6 Å². The Balaban J connectivity index is 1.85. The molecule has 2 N–H and O–H groups in total.